The van der Waals surface area contributed by atoms with E-state index >= 15 is 0 Å². The molecule has 0 saturated carbocycles. The zero-order valence-corrected chi connectivity index (χ0v) is 27.4. The maximum atomic E-state index is 13.8. The van der Waals surface area contributed by atoms with Crippen molar-refractivity contribution in [2.24, 2.45) is 7.05 Å². The molecule has 4 aromatic rings. The second-order valence-corrected chi connectivity index (χ2v) is 12.4. The topological polar surface area (TPSA) is 79.3 Å². The van der Waals surface area contributed by atoms with E-state index in [1.165, 1.54) is 4.57 Å². The van der Waals surface area contributed by atoms with E-state index in [4.69, 9.17) is 0 Å². The van der Waals surface area contributed by atoms with Crippen LogP contribution in [0.4, 0.5) is 16.2 Å². The van der Waals surface area contributed by atoms with Crippen LogP contribution in [-0.2, 0) is 7.05 Å². The number of anilines is 2. The summed E-state index contributed by atoms with van der Waals surface area (Å²) in [5.74, 6) is 7.04. The largest absolute Gasteiger partial charge is 0.323 e. The van der Waals surface area contributed by atoms with Gasteiger partial charge in [0.2, 0.25) is 0 Å². The van der Waals surface area contributed by atoms with Crippen LogP contribution in [0.1, 0.15) is 86.8 Å². The first kappa shape index (κ1) is 32.5. The molecule has 0 saturated heterocycles. The highest BCUT2D eigenvalue weighted by atomic mass is 16.2. The molecular formula is C37H49N5O2. The number of hydrogen-bond donors (Lipinski definition) is 2. The normalized spacial score (nSPS) is 11.5. The molecule has 234 valence electrons. The first-order chi connectivity index (χ1) is 20.9. The minimum absolute atomic E-state index is 0. The van der Waals surface area contributed by atoms with E-state index in [9.17, 15) is 9.59 Å². The number of fused-ring (bicyclic) bond motifs is 1. The minimum Gasteiger partial charge on any atom is -0.307 e. The van der Waals surface area contributed by atoms with Crippen LogP contribution in [-0.4, -0.2) is 39.1 Å². The molecule has 0 atom stereocenters. The van der Waals surface area contributed by atoms with E-state index < -0.39 is 6.03 Å². The highest BCUT2D eigenvalue weighted by Crippen LogP contribution is 2.35. The second-order valence-electron chi connectivity index (χ2n) is 12.4. The third-order valence-corrected chi connectivity index (χ3v) is 7.96. The number of hydrogen-bond acceptors (Lipinski definition) is 4. The van der Waals surface area contributed by atoms with Gasteiger partial charge < -0.3 is 10.6 Å². The van der Waals surface area contributed by atoms with Crippen LogP contribution >= 0.6 is 0 Å². The van der Waals surface area contributed by atoms with Crippen molar-refractivity contribution < 1.29 is 7.65 Å². The van der Waals surface area contributed by atoms with E-state index in [0.29, 0.717) is 29.8 Å². The lowest BCUT2D eigenvalue weighted by Crippen LogP contribution is -2.37. The SMILES string of the molecule is CC(C)c1cccc(C(C)C)c1NC(=O)Nc1c(-c2cccc(C#CCN(C(C)C)C(C)C)c2)c2cccnc2n(C)c1=O.[HH].[HH]. The first-order valence-electron chi connectivity index (χ1n) is 15.4. The summed E-state index contributed by atoms with van der Waals surface area (Å²) in [6.45, 7) is 17.8. The molecule has 2 amide bonds. The van der Waals surface area contributed by atoms with Gasteiger partial charge in [-0.25, -0.2) is 9.78 Å². The monoisotopic (exact) mass is 595 g/mol. The Labute approximate surface area is 264 Å². The Morgan fingerprint density at radius 1 is 0.886 bits per heavy atom. The number of urea groups is 1. The van der Waals surface area contributed by atoms with Crippen LogP contribution in [0.5, 0.6) is 0 Å². The number of nitrogens with one attached hydrogen (secondary N) is 2. The van der Waals surface area contributed by atoms with Crippen molar-refractivity contribution in [1.82, 2.24) is 14.5 Å². The standard InChI is InChI=1S/C37H45N5O2.2H2/c1-23(2)29-17-11-18-30(24(3)4)33(29)39-37(44)40-34-32(31-19-12-20-38-35(31)41(9)36(34)43)28-16-10-14-27(22-28)15-13-21-42(25(5)6)26(7)8;;/h10-12,14,16-20,22-26H,21H2,1-9H3,(H2,39,40,44);2*1H. The summed E-state index contributed by atoms with van der Waals surface area (Å²) in [6, 6.07) is 18.0. The van der Waals surface area contributed by atoms with Crippen molar-refractivity contribution in [2.45, 2.75) is 79.3 Å². The van der Waals surface area contributed by atoms with Gasteiger partial charge in [-0.3, -0.25) is 14.3 Å². The van der Waals surface area contributed by atoms with Crippen LogP contribution in [0.3, 0.4) is 0 Å². The molecular weight excluding hydrogens is 546 g/mol. The van der Waals surface area contributed by atoms with Crippen molar-refractivity contribution >= 4 is 28.4 Å². The molecule has 2 heterocycles. The Balaban J connectivity index is 0.00000368. The predicted molar refractivity (Wildman–Crippen MR) is 188 cm³/mol. The van der Waals surface area contributed by atoms with Gasteiger partial charge in [-0.05, 0) is 80.5 Å². The van der Waals surface area contributed by atoms with E-state index in [2.05, 4.69) is 87.7 Å². The third kappa shape index (κ3) is 7.03. The highest BCUT2D eigenvalue weighted by Gasteiger charge is 2.22. The number of aryl methyl sites for hydroxylation is 1. The van der Waals surface area contributed by atoms with Crippen LogP contribution in [0.25, 0.3) is 22.2 Å². The maximum absolute atomic E-state index is 13.8. The Kier molecular flexibility index (Phi) is 10.3. The number of carbonyl (C=O) groups excluding carboxylic acids is 1. The van der Waals surface area contributed by atoms with Crippen molar-refractivity contribution in [2.75, 3.05) is 17.2 Å². The maximum Gasteiger partial charge on any atom is 0.323 e. The average molecular weight is 596 g/mol. The van der Waals surface area contributed by atoms with Crippen LogP contribution in [0.2, 0.25) is 0 Å². The molecule has 0 aliphatic heterocycles. The van der Waals surface area contributed by atoms with Gasteiger partial charge in [0.25, 0.3) is 5.56 Å². The smallest absolute Gasteiger partial charge is 0.307 e. The molecule has 2 aromatic carbocycles. The van der Waals surface area contributed by atoms with Crippen LogP contribution < -0.4 is 16.2 Å². The summed E-state index contributed by atoms with van der Waals surface area (Å²) in [6.07, 6.45) is 1.67. The molecule has 2 N–H and O–H groups in total. The minimum atomic E-state index is -0.472. The van der Waals surface area contributed by atoms with Crippen LogP contribution in [0.15, 0.2) is 65.6 Å². The van der Waals surface area contributed by atoms with Crippen molar-refractivity contribution in [3.63, 3.8) is 0 Å². The summed E-state index contributed by atoms with van der Waals surface area (Å²) in [4.78, 5) is 34.3. The van der Waals surface area contributed by atoms with Crippen molar-refractivity contribution in [1.29, 1.82) is 0 Å². The van der Waals surface area contributed by atoms with Gasteiger partial charge in [-0.2, -0.15) is 0 Å². The molecule has 2 aromatic heterocycles. The van der Waals surface area contributed by atoms with Gasteiger partial charge in [0.05, 0.1) is 6.54 Å². The van der Waals surface area contributed by atoms with E-state index in [0.717, 1.165) is 33.3 Å². The Morgan fingerprint density at radius 3 is 2.11 bits per heavy atom. The predicted octanol–water partition coefficient (Wildman–Crippen LogP) is 8.45. The van der Waals surface area contributed by atoms with Crippen molar-refractivity contribution in [3.8, 4) is 23.0 Å². The highest BCUT2D eigenvalue weighted by molar-refractivity contribution is 6.07. The summed E-state index contributed by atoms with van der Waals surface area (Å²) in [7, 11) is 1.67. The van der Waals surface area contributed by atoms with Crippen LogP contribution in [0, 0.1) is 11.8 Å². The van der Waals surface area contributed by atoms with Gasteiger partial charge in [0, 0.05) is 50.4 Å². The first-order valence-corrected chi connectivity index (χ1v) is 15.4. The van der Waals surface area contributed by atoms with Gasteiger partial charge in [-0.15, -0.1) is 0 Å². The van der Waals surface area contributed by atoms with E-state index in [1.54, 1.807) is 13.2 Å². The summed E-state index contributed by atoms with van der Waals surface area (Å²) in [5, 5.41) is 6.79. The molecule has 0 fully saturated rings. The quantitative estimate of drug-likeness (QED) is 0.200. The number of nitrogens with zero attached hydrogens (tertiary/aromatic N) is 3. The molecule has 0 aliphatic rings. The molecule has 0 aliphatic carbocycles. The van der Waals surface area contributed by atoms with Gasteiger partial charge in [-0.1, -0.05) is 69.9 Å². The number of benzene rings is 2. The molecule has 7 nitrogen and oxygen atoms in total. The lowest BCUT2D eigenvalue weighted by Gasteiger charge is -2.28. The van der Waals surface area contributed by atoms with E-state index in [-0.39, 0.29) is 25.9 Å². The van der Waals surface area contributed by atoms with Crippen molar-refractivity contribution in [3.05, 3.63) is 87.8 Å². The molecule has 0 unspecified atom stereocenters. The zero-order chi connectivity index (χ0) is 32.1. The Bertz CT molecular complexity index is 1750. The number of rotatable bonds is 8. The average Bonchev–Trinajstić information content (AvgIpc) is 2.97. The third-order valence-electron chi connectivity index (χ3n) is 7.96. The number of pyridine rings is 2. The molecule has 44 heavy (non-hydrogen) atoms. The van der Waals surface area contributed by atoms with E-state index in [1.807, 2.05) is 54.6 Å². The number of carbonyl (C=O) groups is 1. The van der Waals surface area contributed by atoms with Gasteiger partial charge >= 0.3 is 6.03 Å². The fourth-order valence-electron chi connectivity index (χ4n) is 5.68. The van der Waals surface area contributed by atoms with Gasteiger partial charge in [0.15, 0.2) is 0 Å². The summed E-state index contributed by atoms with van der Waals surface area (Å²) >= 11 is 0. The molecule has 0 bridgehead atoms. The molecule has 0 spiro atoms. The second kappa shape index (κ2) is 13.9. The summed E-state index contributed by atoms with van der Waals surface area (Å²) < 4.78 is 1.48. The molecule has 0 radical (unpaired) electrons. The fraction of sp³-hybridized carbons (Fsp3) is 0.378. The number of para-hydroxylation sites is 1. The Morgan fingerprint density at radius 2 is 1.50 bits per heavy atom. The lowest BCUT2D eigenvalue weighted by atomic mass is 9.93. The number of amides is 2. The van der Waals surface area contributed by atoms with Gasteiger partial charge in [0.1, 0.15) is 11.3 Å². The Hall–Kier alpha value is -4.41. The molecule has 7 heteroatoms. The molecule has 4 rings (SSSR count). The summed E-state index contributed by atoms with van der Waals surface area (Å²) in [5.41, 5.74) is 5.47. The number of aromatic nitrogens is 2. The zero-order valence-electron chi connectivity index (χ0n) is 27.4. The fourth-order valence-corrected chi connectivity index (χ4v) is 5.68. The lowest BCUT2D eigenvalue weighted by molar-refractivity contribution is 0.200.